The van der Waals surface area contributed by atoms with Gasteiger partial charge < -0.3 is 5.32 Å². The lowest BCUT2D eigenvalue weighted by molar-refractivity contribution is 0.102. The molecular weight excluding hydrogens is 271 g/mol. The molecule has 1 aromatic carbocycles. The number of carbonyl (C=O) groups excluding carboxylic acids is 1. The van der Waals surface area contributed by atoms with Crippen LogP contribution in [0, 0.1) is 6.92 Å². The molecule has 1 N–H and O–H groups in total. The van der Waals surface area contributed by atoms with Crippen molar-refractivity contribution in [3.8, 4) is 0 Å². The molecule has 0 aliphatic heterocycles. The zero-order chi connectivity index (χ0) is 13.1. The first kappa shape index (κ1) is 12.9. The maximum Gasteiger partial charge on any atom is 0.274 e. The van der Waals surface area contributed by atoms with Gasteiger partial charge >= 0.3 is 0 Å². The van der Waals surface area contributed by atoms with Crippen LogP contribution in [0.25, 0.3) is 0 Å². The lowest BCUT2D eigenvalue weighted by Crippen LogP contribution is -2.14. The Bertz CT molecular complexity index is 599. The number of benzene rings is 1. The maximum atomic E-state index is 11.9. The summed E-state index contributed by atoms with van der Waals surface area (Å²) in [7, 11) is 0. The van der Waals surface area contributed by atoms with Crippen molar-refractivity contribution >= 4 is 34.8 Å². The zero-order valence-electron chi connectivity index (χ0n) is 9.58. The van der Waals surface area contributed by atoms with Gasteiger partial charge in [-0.2, -0.15) is 0 Å². The van der Waals surface area contributed by atoms with Gasteiger partial charge in [0, 0.05) is 0 Å². The standard InChI is InChI=1S/C13H10Cl2N2O/c1-8-5-6-9(14)11(7-8)17-13(18)10-3-2-4-12(15)16-10/h2-7H,1H3,(H,17,18). The topological polar surface area (TPSA) is 42.0 Å². The fourth-order valence-corrected chi connectivity index (χ4v) is 1.78. The quantitative estimate of drug-likeness (QED) is 0.847. The van der Waals surface area contributed by atoms with Crippen molar-refractivity contribution in [3.05, 3.63) is 57.8 Å². The number of nitrogens with one attached hydrogen (secondary N) is 1. The molecule has 0 atom stereocenters. The molecule has 2 rings (SSSR count). The van der Waals surface area contributed by atoms with Crippen molar-refractivity contribution < 1.29 is 4.79 Å². The molecule has 92 valence electrons. The fraction of sp³-hybridized carbons (Fsp3) is 0.0769. The average molecular weight is 281 g/mol. The third-order valence-electron chi connectivity index (χ3n) is 2.32. The summed E-state index contributed by atoms with van der Waals surface area (Å²) in [5.41, 5.74) is 1.82. The second-order valence-electron chi connectivity index (χ2n) is 3.78. The van der Waals surface area contributed by atoms with Crippen LogP contribution >= 0.6 is 23.2 Å². The van der Waals surface area contributed by atoms with Crippen LogP contribution in [0.4, 0.5) is 5.69 Å². The van der Waals surface area contributed by atoms with Crippen LogP contribution in [0.3, 0.4) is 0 Å². The van der Waals surface area contributed by atoms with Gasteiger partial charge in [-0.3, -0.25) is 4.79 Å². The molecule has 1 heterocycles. The number of pyridine rings is 1. The van der Waals surface area contributed by atoms with Crippen LogP contribution in [0.15, 0.2) is 36.4 Å². The third-order valence-corrected chi connectivity index (χ3v) is 2.86. The Morgan fingerprint density at radius 2 is 2.00 bits per heavy atom. The van der Waals surface area contributed by atoms with E-state index in [2.05, 4.69) is 10.3 Å². The number of aromatic nitrogens is 1. The number of anilines is 1. The predicted molar refractivity (Wildman–Crippen MR) is 73.4 cm³/mol. The molecule has 0 fully saturated rings. The highest BCUT2D eigenvalue weighted by atomic mass is 35.5. The SMILES string of the molecule is Cc1ccc(Cl)c(NC(=O)c2cccc(Cl)n2)c1. The molecule has 0 aliphatic rings. The van der Waals surface area contributed by atoms with E-state index in [9.17, 15) is 4.79 Å². The smallest absolute Gasteiger partial charge is 0.274 e. The lowest BCUT2D eigenvalue weighted by atomic mass is 10.2. The molecule has 0 spiro atoms. The monoisotopic (exact) mass is 280 g/mol. The molecule has 0 saturated carbocycles. The number of carbonyl (C=O) groups is 1. The Labute approximate surface area is 115 Å². The van der Waals surface area contributed by atoms with E-state index < -0.39 is 0 Å². The van der Waals surface area contributed by atoms with Crippen molar-refractivity contribution in [2.75, 3.05) is 5.32 Å². The number of amides is 1. The number of nitrogens with zero attached hydrogens (tertiary/aromatic N) is 1. The number of hydrogen-bond donors (Lipinski definition) is 1. The highest BCUT2D eigenvalue weighted by Crippen LogP contribution is 2.23. The second kappa shape index (κ2) is 5.38. The molecule has 0 bridgehead atoms. The van der Waals surface area contributed by atoms with Crippen molar-refractivity contribution in [2.45, 2.75) is 6.92 Å². The fourth-order valence-electron chi connectivity index (χ4n) is 1.46. The summed E-state index contributed by atoms with van der Waals surface area (Å²) in [4.78, 5) is 15.9. The second-order valence-corrected chi connectivity index (χ2v) is 4.58. The molecular formula is C13H10Cl2N2O. The van der Waals surface area contributed by atoms with Gasteiger partial charge in [-0.1, -0.05) is 35.3 Å². The zero-order valence-corrected chi connectivity index (χ0v) is 11.1. The molecule has 0 radical (unpaired) electrons. The van der Waals surface area contributed by atoms with Crippen molar-refractivity contribution in [1.82, 2.24) is 4.98 Å². The van der Waals surface area contributed by atoms with Crippen LogP contribution in [0.2, 0.25) is 10.2 Å². The van der Waals surface area contributed by atoms with Gasteiger partial charge in [0.25, 0.3) is 5.91 Å². The maximum absolute atomic E-state index is 11.9. The molecule has 1 aromatic heterocycles. The summed E-state index contributed by atoms with van der Waals surface area (Å²) in [5, 5.41) is 3.46. The van der Waals surface area contributed by atoms with Gasteiger partial charge in [-0.15, -0.1) is 0 Å². The molecule has 0 unspecified atom stereocenters. The molecule has 1 amide bonds. The minimum atomic E-state index is -0.343. The van der Waals surface area contributed by atoms with Crippen molar-refractivity contribution in [3.63, 3.8) is 0 Å². The van der Waals surface area contributed by atoms with Gasteiger partial charge in [-0.05, 0) is 36.8 Å². The number of halogens is 2. The van der Waals surface area contributed by atoms with Crippen LogP contribution in [-0.4, -0.2) is 10.9 Å². The molecule has 3 nitrogen and oxygen atoms in total. The van der Waals surface area contributed by atoms with E-state index in [0.717, 1.165) is 5.56 Å². The van der Waals surface area contributed by atoms with E-state index in [1.54, 1.807) is 30.3 Å². The molecule has 18 heavy (non-hydrogen) atoms. The molecule has 0 saturated heterocycles. The summed E-state index contributed by atoms with van der Waals surface area (Å²) in [6, 6.07) is 10.3. The molecule has 0 aliphatic carbocycles. The van der Waals surface area contributed by atoms with Crippen molar-refractivity contribution in [1.29, 1.82) is 0 Å². The summed E-state index contributed by atoms with van der Waals surface area (Å²) < 4.78 is 0. The van der Waals surface area contributed by atoms with Gasteiger partial charge in [0.1, 0.15) is 10.8 Å². The summed E-state index contributed by atoms with van der Waals surface area (Å²) in [6.07, 6.45) is 0. The van der Waals surface area contributed by atoms with E-state index >= 15 is 0 Å². The van der Waals surface area contributed by atoms with Gasteiger partial charge in [-0.25, -0.2) is 4.98 Å². The Kier molecular flexibility index (Phi) is 3.84. The first-order chi connectivity index (χ1) is 8.56. The predicted octanol–water partition coefficient (Wildman–Crippen LogP) is 3.95. The highest BCUT2D eigenvalue weighted by molar-refractivity contribution is 6.34. The third kappa shape index (κ3) is 3.00. The number of hydrogen-bond acceptors (Lipinski definition) is 2. The Morgan fingerprint density at radius 3 is 2.72 bits per heavy atom. The van der Waals surface area contributed by atoms with Crippen molar-refractivity contribution in [2.24, 2.45) is 0 Å². The average Bonchev–Trinajstić information content (AvgIpc) is 2.34. The Balaban J connectivity index is 2.24. The van der Waals surface area contributed by atoms with E-state index in [1.807, 2.05) is 13.0 Å². The lowest BCUT2D eigenvalue weighted by Gasteiger charge is -2.07. The van der Waals surface area contributed by atoms with E-state index in [4.69, 9.17) is 23.2 Å². The minimum Gasteiger partial charge on any atom is -0.319 e. The summed E-state index contributed by atoms with van der Waals surface area (Å²) in [5.74, 6) is -0.343. The number of rotatable bonds is 2. The normalized spacial score (nSPS) is 10.2. The highest BCUT2D eigenvalue weighted by Gasteiger charge is 2.10. The van der Waals surface area contributed by atoms with E-state index in [1.165, 1.54) is 0 Å². The first-order valence-corrected chi connectivity index (χ1v) is 6.02. The van der Waals surface area contributed by atoms with Gasteiger partial charge in [0.15, 0.2) is 0 Å². The Morgan fingerprint density at radius 1 is 1.22 bits per heavy atom. The van der Waals surface area contributed by atoms with Crippen LogP contribution in [-0.2, 0) is 0 Å². The summed E-state index contributed by atoms with van der Waals surface area (Å²) in [6.45, 7) is 1.92. The van der Waals surface area contributed by atoms with E-state index in [0.29, 0.717) is 10.7 Å². The van der Waals surface area contributed by atoms with Gasteiger partial charge in [0.05, 0.1) is 10.7 Å². The van der Waals surface area contributed by atoms with Gasteiger partial charge in [0.2, 0.25) is 0 Å². The van der Waals surface area contributed by atoms with Crippen LogP contribution < -0.4 is 5.32 Å². The van der Waals surface area contributed by atoms with E-state index in [-0.39, 0.29) is 16.8 Å². The summed E-state index contributed by atoms with van der Waals surface area (Å²) >= 11 is 11.7. The Hall–Kier alpha value is -1.58. The number of aryl methyl sites for hydroxylation is 1. The molecule has 5 heteroatoms. The van der Waals surface area contributed by atoms with Crippen LogP contribution in [0.5, 0.6) is 0 Å². The molecule has 2 aromatic rings. The minimum absolute atomic E-state index is 0.250. The largest absolute Gasteiger partial charge is 0.319 e. The first-order valence-electron chi connectivity index (χ1n) is 5.26. The van der Waals surface area contributed by atoms with Crippen LogP contribution in [0.1, 0.15) is 16.1 Å².